The highest BCUT2D eigenvalue weighted by molar-refractivity contribution is 9.10. The van der Waals surface area contributed by atoms with Crippen LogP contribution in [0.5, 0.6) is 0 Å². The molecule has 1 unspecified atom stereocenters. The summed E-state index contributed by atoms with van der Waals surface area (Å²) < 4.78 is 0.961. The molecule has 0 amide bonds. The molecule has 2 aromatic carbocycles. The molecule has 3 heteroatoms. The van der Waals surface area contributed by atoms with E-state index in [1.165, 1.54) is 5.56 Å². The molecule has 1 nitrogen and oxygen atoms in total. The zero-order chi connectivity index (χ0) is 12.4. The zero-order valence-electron chi connectivity index (χ0n) is 9.45. The Bertz CT molecular complexity index is 539. The summed E-state index contributed by atoms with van der Waals surface area (Å²) in [7, 11) is 0. The molecule has 88 valence electrons. The van der Waals surface area contributed by atoms with Crippen LogP contribution in [0.25, 0.3) is 0 Å². The van der Waals surface area contributed by atoms with Crippen molar-refractivity contribution in [3.8, 4) is 0 Å². The fourth-order valence-electron chi connectivity index (χ4n) is 1.86. The van der Waals surface area contributed by atoms with Crippen LogP contribution in [-0.4, -0.2) is 0 Å². The van der Waals surface area contributed by atoms with E-state index in [1.807, 2.05) is 36.4 Å². The lowest BCUT2D eigenvalue weighted by atomic mass is 9.96. The van der Waals surface area contributed by atoms with Crippen LogP contribution >= 0.6 is 27.5 Å². The van der Waals surface area contributed by atoms with Crippen molar-refractivity contribution < 1.29 is 0 Å². The smallest absolute Gasteiger partial charge is 0.0569 e. The molecule has 0 heterocycles. The molecule has 2 rings (SSSR count). The van der Waals surface area contributed by atoms with Crippen LogP contribution < -0.4 is 5.73 Å². The molecule has 0 aliphatic heterocycles. The number of benzene rings is 2. The van der Waals surface area contributed by atoms with E-state index in [1.54, 1.807) is 0 Å². The van der Waals surface area contributed by atoms with E-state index in [-0.39, 0.29) is 6.04 Å². The molecule has 0 aliphatic rings. The molecule has 0 aromatic heterocycles. The molecule has 0 saturated heterocycles. The van der Waals surface area contributed by atoms with Crippen LogP contribution in [0.2, 0.25) is 5.02 Å². The van der Waals surface area contributed by atoms with E-state index in [0.717, 1.165) is 15.6 Å². The van der Waals surface area contributed by atoms with Gasteiger partial charge in [0.2, 0.25) is 0 Å². The standard InChI is InChI=1S/C14H13BrClN/c1-9-4-2-3-5-11(9)14(17)12-7-6-10(15)8-13(12)16/h2-8,14H,17H2,1H3. The van der Waals surface area contributed by atoms with Crippen molar-refractivity contribution in [2.24, 2.45) is 5.73 Å². The average molecular weight is 311 g/mol. The Balaban J connectivity index is 2.44. The van der Waals surface area contributed by atoms with Gasteiger partial charge >= 0.3 is 0 Å². The summed E-state index contributed by atoms with van der Waals surface area (Å²) in [6.07, 6.45) is 0. The van der Waals surface area contributed by atoms with E-state index in [4.69, 9.17) is 17.3 Å². The van der Waals surface area contributed by atoms with Crippen LogP contribution in [0, 0.1) is 6.92 Å². The van der Waals surface area contributed by atoms with E-state index >= 15 is 0 Å². The molecule has 2 N–H and O–H groups in total. The lowest BCUT2D eigenvalue weighted by Crippen LogP contribution is -2.13. The lowest BCUT2D eigenvalue weighted by molar-refractivity contribution is 0.861. The Hall–Kier alpha value is -0.830. The van der Waals surface area contributed by atoms with Crippen LogP contribution in [0.15, 0.2) is 46.9 Å². The Morgan fingerprint density at radius 3 is 2.47 bits per heavy atom. The van der Waals surface area contributed by atoms with Crippen molar-refractivity contribution in [3.63, 3.8) is 0 Å². The molecule has 0 fully saturated rings. The van der Waals surface area contributed by atoms with E-state index in [2.05, 4.69) is 28.9 Å². The molecule has 0 aliphatic carbocycles. The first-order valence-corrected chi connectivity index (χ1v) is 6.52. The van der Waals surface area contributed by atoms with Crippen LogP contribution in [0.1, 0.15) is 22.7 Å². The van der Waals surface area contributed by atoms with Gasteiger partial charge in [-0.05, 0) is 35.7 Å². The summed E-state index contributed by atoms with van der Waals surface area (Å²) in [4.78, 5) is 0. The van der Waals surface area contributed by atoms with Crippen molar-refractivity contribution in [2.75, 3.05) is 0 Å². The quantitative estimate of drug-likeness (QED) is 0.871. The van der Waals surface area contributed by atoms with Crippen LogP contribution in [0.4, 0.5) is 0 Å². The van der Waals surface area contributed by atoms with Crippen molar-refractivity contribution in [3.05, 3.63) is 68.7 Å². The van der Waals surface area contributed by atoms with Crippen molar-refractivity contribution in [2.45, 2.75) is 13.0 Å². The molecule has 0 radical (unpaired) electrons. The second-order valence-corrected chi connectivity index (χ2v) is 5.32. The number of hydrogen-bond donors (Lipinski definition) is 1. The zero-order valence-corrected chi connectivity index (χ0v) is 11.8. The number of aryl methyl sites for hydroxylation is 1. The molecule has 0 bridgehead atoms. The fraction of sp³-hybridized carbons (Fsp3) is 0.143. The van der Waals surface area contributed by atoms with Gasteiger partial charge in [-0.1, -0.05) is 57.9 Å². The Morgan fingerprint density at radius 1 is 1.12 bits per heavy atom. The van der Waals surface area contributed by atoms with Gasteiger partial charge in [0.25, 0.3) is 0 Å². The lowest BCUT2D eigenvalue weighted by Gasteiger charge is -2.16. The van der Waals surface area contributed by atoms with Gasteiger partial charge in [0.05, 0.1) is 6.04 Å². The van der Waals surface area contributed by atoms with E-state index < -0.39 is 0 Å². The van der Waals surface area contributed by atoms with Gasteiger partial charge in [-0.3, -0.25) is 0 Å². The molecule has 1 atom stereocenters. The molecule has 2 aromatic rings. The molecule has 0 spiro atoms. The predicted molar refractivity (Wildman–Crippen MR) is 76.4 cm³/mol. The summed E-state index contributed by atoms with van der Waals surface area (Å²) in [6, 6.07) is 13.7. The molecular formula is C14H13BrClN. The Kier molecular flexibility index (Phi) is 3.87. The van der Waals surface area contributed by atoms with E-state index in [9.17, 15) is 0 Å². The number of hydrogen-bond acceptors (Lipinski definition) is 1. The van der Waals surface area contributed by atoms with Gasteiger partial charge in [0.1, 0.15) is 0 Å². The summed E-state index contributed by atoms with van der Waals surface area (Å²) in [6.45, 7) is 2.06. The van der Waals surface area contributed by atoms with Gasteiger partial charge in [-0.2, -0.15) is 0 Å². The predicted octanol–water partition coefficient (Wildman–Crippen LogP) is 4.46. The van der Waals surface area contributed by atoms with Gasteiger partial charge in [-0.15, -0.1) is 0 Å². The molecular weight excluding hydrogens is 298 g/mol. The normalized spacial score (nSPS) is 12.5. The van der Waals surface area contributed by atoms with Gasteiger partial charge in [0.15, 0.2) is 0 Å². The SMILES string of the molecule is Cc1ccccc1C(N)c1ccc(Br)cc1Cl. The minimum absolute atomic E-state index is 0.184. The second kappa shape index (κ2) is 5.21. The minimum Gasteiger partial charge on any atom is -0.320 e. The van der Waals surface area contributed by atoms with Crippen LogP contribution in [-0.2, 0) is 0 Å². The van der Waals surface area contributed by atoms with E-state index in [0.29, 0.717) is 5.02 Å². The highest BCUT2D eigenvalue weighted by Gasteiger charge is 2.14. The largest absolute Gasteiger partial charge is 0.320 e. The first-order chi connectivity index (χ1) is 8.09. The third-order valence-electron chi connectivity index (χ3n) is 2.82. The first kappa shape index (κ1) is 12.6. The number of nitrogens with two attached hydrogens (primary N) is 1. The van der Waals surface area contributed by atoms with Crippen LogP contribution in [0.3, 0.4) is 0 Å². The maximum atomic E-state index is 6.27. The van der Waals surface area contributed by atoms with Gasteiger partial charge in [-0.25, -0.2) is 0 Å². The van der Waals surface area contributed by atoms with Gasteiger partial charge in [0, 0.05) is 9.50 Å². The maximum Gasteiger partial charge on any atom is 0.0569 e. The summed E-state index contributed by atoms with van der Waals surface area (Å²) in [5, 5.41) is 0.690. The fourth-order valence-corrected chi connectivity index (χ4v) is 2.65. The summed E-state index contributed by atoms with van der Waals surface area (Å²) in [5.74, 6) is 0. The Morgan fingerprint density at radius 2 is 1.82 bits per heavy atom. The number of rotatable bonds is 2. The monoisotopic (exact) mass is 309 g/mol. The van der Waals surface area contributed by atoms with Crippen molar-refractivity contribution in [1.29, 1.82) is 0 Å². The second-order valence-electron chi connectivity index (χ2n) is 4.00. The van der Waals surface area contributed by atoms with Crippen molar-refractivity contribution >= 4 is 27.5 Å². The topological polar surface area (TPSA) is 26.0 Å². The molecule has 17 heavy (non-hydrogen) atoms. The van der Waals surface area contributed by atoms with Gasteiger partial charge < -0.3 is 5.73 Å². The molecule has 0 saturated carbocycles. The third kappa shape index (κ3) is 2.71. The average Bonchev–Trinajstić information content (AvgIpc) is 2.29. The highest BCUT2D eigenvalue weighted by atomic mass is 79.9. The number of halogens is 2. The summed E-state index contributed by atoms with van der Waals surface area (Å²) in [5.41, 5.74) is 9.50. The van der Waals surface area contributed by atoms with Crippen molar-refractivity contribution in [1.82, 2.24) is 0 Å². The third-order valence-corrected chi connectivity index (χ3v) is 3.64. The summed E-state index contributed by atoms with van der Waals surface area (Å²) >= 11 is 9.61. The maximum absolute atomic E-state index is 6.27. The minimum atomic E-state index is -0.184. The Labute approximate surface area is 115 Å². The highest BCUT2D eigenvalue weighted by Crippen LogP contribution is 2.30. The first-order valence-electron chi connectivity index (χ1n) is 5.35.